The molecule has 3 rings (SSSR count). The minimum Gasteiger partial charge on any atom is -0.497 e. The van der Waals surface area contributed by atoms with E-state index in [0.29, 0.717) is 28.6 Å². The quantitative estimate of drug-likeness (QED) is 0.936. The zero-order valence-electron chi connectivity index (χ0n) is 11.8. The second kappa shape index (κ2) is 5.54. The molecule has 1 atom stereocenters. The summed E-state index contributed by atoms with van der Waals surface area (Å²) >= 11 is 0. The van der Waals surface area contributed by atoms with Crippen LogP contribution in [0.2, 0.25) is 0 Å². The highest BCUT2D eigenvalue weighted by atomic mass is 16.7. The molecule has 21 heavy (non-hydrogen) atoms. The van der Waals surface area contributed by atoms with Crippen molar-refractivity contribution in [1.29, 1.82) is 0 Å². The fraction of sp³-hybridized carbons (Fsp3) is 0.250. The molecule has 0 saturated heterocycles. The van der Waals surface area contributed by atoms with E-state index in [9.17, 15) is 5.11 Å². The standard InChI is InChI=1S/C16H16O5/c1-18-12-5-3-4-10(6-12)15(17)11-7-13(19-2)16-14(8-11)20-9-21-16/h3-8,15,17H,9H2,1-2H3. The SMILES string of the molecule is COc1cccc(C(O)c2cc(OC)c3c(c2)OCO3)c1. The van der Waals surface area contributed by atoms with E-state index in [2.05, 4.69) is 0 Å². The van der Waals surface area contributed by atoms with E-state index in [1.165, 1.54) is 0 Å². The Hall–Kier alpha value is -2.40. The van der Waals surface area contributed by atoms with Crippen LogP contribution in [0.15, 0.2) is 36.4 Å². The molecule has 0 fully saturated rings. The van der Waals surface area contributed by atoms with Crippen molar-refractivity contribution in [1.82, 2.24) is 0 Å². The second-order valence-corrected chi connectivity index (χ2v) is 4.64. The minimum absolute atomic E-state index is 0.157. The van der Waals surface area contributed by atoms with E-state index in [1.54, 1.807) is 32.4 Å². The molecule has 1 unspecified atom stereocenters. The molecule has 5 nitrogen and oxygen atoms in total. The number of ether oxygens (including phenoxy) is 4. The number of benzene rings is 2. The average Bonchev–Trinajstić information content (AvgIpc) is 3.01. The van der Waals surface area contributed by atoms with E-state index >= 15 is 0 Å². The summed E-state index contributed by atoms with van der Waals surface area (Å²) in [7, 11) is 3.15. The van der Waals surface area contributed by atoms with Crippen LogP contribution >= 0.6 is 0 Å². The summed E-state index contributed by atoms with van der Waals surface area (Å²) in [4.78, 5) is 0. The van der Waals surface area contributed by atoms with Gasteiger partial charge in [0.15, 0.2) is 11.5 Å². The summed E-state index contributed by atoms with van der Waals surface area (Å²) in [6.45, 7) is 0.157. The van der Waals surface area contributed by atoms with Crippen molar-refractivity contribution in [2.45, 2.75) is 6.10 Å². The Labute approximate surface area is 122 Å². The first-order chi connectivity index (χ1) is 10.2. The number of aliphatic hydroxyl groups excluding tert-OH is 1. The summed E-state index contributed by atoms with van der Waals surface area (Å²) in [5.74, 6) is 2.38. The molecular weight excluding hydrogens is 272 g/mol. The molecule has 2 aromatic rings. The van der Waals surface area contributed by atoms with Crippen molar-refractivity contribution < 1.29 is 24.1 Å². The van der Waals surface area contributed by atoms with Crippen LogP contribution in [0.1, 0.15) is 17.2 Å². The Balaban J connectivity index is 1.99. The largest absolute Gasteiger partial charge is 0.497 e. The topological polar surface area (TPSA) is 57.2 Å². The number of hydrogen-bond donors (Lipinski definition) is 1. The highest BCUT2D eigenvalue weighted by molar-refractivity contribution is 5.56. The lowest BCUT2D eigenvalue weighted by atomic mass is 10.0. The Morgan fingerprint density at radius 2 is 1.90 bits per heavy atom. The third-order valence-electron chi connectivity index (χ3n) is 3.41. The predicted molar refractivity (Wildman–Crippen MR) is 76.2 cm³/mol. The first-order valence-electron chi connectivity index (χ1n) is 6.52. The molecule has 1 heterocycles. The fourth-order valence-corrected chi connectivity index (χ4v) is 2.31. The number of hydrogen-bond acceptors (Lipinski definition) is 5. The van der Waals surface area contributed by atoms with Gasteiger partial charge in [0.2, 0.25) is 12.5 Å². The molecule has 1 aliphatic heterocycles. The van der Waals surface area contributed by atoms with Crippen LogP contribution in [0.25, 0.3) is 0 Å². The van der Waals surface area contributed by atoms with Crippen LogP contribution in [-0.4, -0.2) is 26.1 Å². The van der Waals surface area contributed by atoms with Crippen LogP contribution in [0, 0.1) is 0 Å². The molecule has 1 aliphatic rings. The monoisotopic (exact) mass is 288 g/mol. The van der Waals surface area contributed by atoms with Gasteiger partial charge in [-0.3, -0.25) is 0 Å². The first kappa shape index (κ1) is 13.6. The lowest BCUT2D eigenvalue weighted by Crippen LogP contribution is -2.01. The maximum atomic E-state index is 10.6. The molecule has 0 aromatic heterocycles. The molecule has 0 amide bonds. The average molecular weight is 288 g/mol. The van der Waals surface area contributed by atoms with Gasteiger partial charge in [-0.05, 0) is 35.4 Å². The lowest BCUT2D eigenvalue weighted by molar-refractivity contribution is 0.171. The fourth-order valence-electron chi connectivity index (χ4n) is 2.31. The predicted octanol–water partition coefficient (Wildman–Crippen LogP) is 2.51. The maximum absolute atomic E-state index is 10.6. The number of methoxy groups -OCH3 is 2. The summed E-state index contributed by atoms with van der Waals surface area (Å²) in [5, 5.41) is 10.6. The molecule has 0 bridgehead atoms. The number of rotatable bonds is 4. The molecule has 1 N–H and O–H groups in total. The van der Waals surface area contributed by atoms with Gasteiger partial charge in [-0.25, -0.2) is 0 Å². The summed E-state index contributed by atoms with van der Waals surface area (Å²) in [5.41, 5.74) is 1.40. The van der Waals surface area contributed by atoms with Crippen molar-refractivity contribution >= 4 is 0 Å². The van der Waals surface area contributed by atoms with Gasteiger partial charge in [-0.1, -0.05) is 12.1 Å². The van der Waals surface area contributed by atoms with Gasteiger partial charge in [0.1, 0.15) is 11.9 Å². The summed E-state index contributed by atoms with van der Waals surface area (Å²) in [6, 6.07) is 10.8. The van der Waals surface area contributed by atoms with E-state index in [1.807, 2.05) is 18.2 Å². The van der Waals surface area contributed by atoms with Crippen molar-refractivity contribution in [2.75, 3.05) is 21.0 Å². The van der Waals surface area contributed by atoms with Gasteiger partial charge in [-0.15, -0.1) is 0 Å². The zero-order valence-corrected chi connectivity index (χ0v) is 11.8. The van der Waals surface area contributed by atoms with Gasteiger partial charge in [0.25, 0.3) is 0 Å². The third kappa shape index (κ3) is 2.48. The van der Waals surface area contributed by atoms with E-state index < -0.39 is 6.10 Å². The lowest BCUT2D eigenvalue weighted by Gasteiger charge is -2.15. The van der Waals surface area contributed by atoms with Crippen LogP contribution in [0.5, 0.6) is 23.0 Å². The maximum Gasteiger partial charge on any atom is 0.231 e. The van der Waals surface area contributed by atoms with E-state index in [4.69, 9.17) is 18.9 Å². The smallest absolute Gasteiger partial charge is 0.231 e. The van der Waals surface area contributed by atoms with Gasteiger partial charge in [0.05, 0.1) is 14.2 Å². The van der Waals surface area contributed by atoms with Crippen molar-refractivity contribution in [3.63, 3.8) is 0 Å². The van der Waals surface area contributed by atoms with Gasteiger partial charge < -0.3 is 24.1 Å². The number of aliphatic hydroxyl groups is 1. The van der Waals surface area contributed by atoms with E-state index in [-0.39, 0.29) is 6.79 Å². The Kier molecular flexibility index (Phi) is 3.58. The second-order valence-electron chi connectivity index (χ2n) is 4.64. The van der Waals surface area contributed by atoms with Crippen molar-refractivity contribution in [3.05, 3.63) is 47.5 Å². The number of fused-ring (bicyclic) bond motifs is 1. The first-order valence-corrected chi connectivity index (χ1v) is 6.52. The van der Waals surface area contributed by atoms with Gasteiger partial charge >= 0.3 is 0 Å². The van der Waals surface area contributed by atoms with Gasteiger partial charge in [-0.2, -0.15) is 0 Å². The summed E-state index contributed by atoms with van der Waals surface area (Å²) < 4.78 is 21.2. The van der Waals surface area contributed by atoms with Crippen LogP contribution in [0.3, 0.4) is 0 Å². The Morgan fingerprint density at radius 1 is 1.05 bits per heavy atom. The normalized spacial score (nSPS) is 13.9. The highest BCUT2D eigenvalue weighted by Crippen LogP contribution is 2.43. The molecule has 0 radical (unpaired) electrons. The van der Waals surface area contributed by atoms with Crippen LogP contribution in [0.4, 0.5) is 0 Å². The molecule has 2 aromatic carbocycles. The molecule has 5 heteroatoms. The van der Waals surface area contributed by atoms with Crippen molar-refractivity contribution in [2.24, 2.45) is 0 Å². The molecule has 0 aliphatic carbocycles. The van der Waals surface area contributed by atoms with Gasteiger partial charge in [0, 0.05) is 0 Å². The molecule has 0 saturated carbocycles. The Bertz CT molecular complexity index is 653. The van der Waals surface area contributed by atoms with Crippen LogP contribution < -0.4 is 18.9 Å². The van der Waals surface area contributed by atoms with Crippen molar-refractivity contribution in [3.8, 4) is 23.0 Å². The summed E-state index contributed by atoms with van der Waals surface area (Å²) in [6.07, 6.45) is -0.802. The molecular formula is C16H16O5. The van der Waals surface area contributed by atoms with E-state index in [0.717, 1.165) is 5.56 Å². The highest BCUT2D eigenvalue weighted by Gasteiger charge is 2.23. The zero-order chi connectivity index (χ0) is 14.8. The van der Waals surface area contributed by atoms with Crippen LogP contribution in [-0.2, 0) is 0 Å². The third-order valence-corrected chi connectivity index (χ3v) is 3.41. The minimum atomic E-state index is -0.802. The Morgan fingerprint density at radius 3 is 2.67 bits per heavy atom. The molecule has 110 valence electrons. The molecule has 0 spiro atoms.